The number of hydrogen-bond acceptors (Lipinski definition) is 4. The Morgan fingerprint density at radius 1 is 1.20 bits per heavy atom. The molecule has 1 saturated carbocycles. The maximum atomic E-state index is 6.18. The molecule has 0 heterocycles. The van der Waals surface area contributed by atoms with E-state index in [1.165, 1.54) is 0 Å². The highest BCUT2D eigenvalue weighted by atomic mass is 35.5. The largest absolute Gasteiger partial charge is 0.490 e. The predicted octanol–water partition coefficient (Wildman–Crippen LogP) is 2.88. The Bertz CT molecular complexity index is 413. The molecule has 0 bridgehead atoms. The Morgan fingerprint density at radius 3 is 2.60 bits per heavy atom. The summed E-state index contributed by atoms with van der Waals surface area (Å²) >= 11 is 6.18. The summed E-state index contributed by atoms with van der Waals surface area (Å²) in [6.07, 6.45) is 0.650. The third-order valence-electron chi connectivity index (χ3n) is 3.21. The Labute approximate surface area is 124 Å². The molecule has 1 fully saturated rings. The van der Waals surface area contributed by atoms with Crippen LogP contribution < -0.4 is 9.47 Å². The number of alkyl halides is 1. The van der Waals surface area contributed by atoms with E-state index < -0.39 is 0 Å². The molecule has 112 valence electrons. The van der Waals surface area contributed by atoms with Crippen LogP contribution in [-0.2, 0) is 9.47 Å². The van der Waals surface area contributed by atoms with E-state index in [-0.39, 0.29) is 17.6 Å². The minimum Gasteiger partial charge on any atom is -0.490 e. The van der Waals surface area contributed by atoms with E-state index in [1.54, 1.807) is 7.11 Å². The summed E-state index contributed by atoms with van der Waals surface area (Å²) in [6, 6.07) is 7.65. The molecule has 1 aliphatic rings. The standard InChI is InChI=1S/C15H21ClO4/c1-3-18-12-6-4-5-7-13(12)20-14-10-11(16)15(14)19-9-8-17-2/h4-7,11,14-15H,3,8-10H2,1-2H3. The quantitative estimate of drug-likeness (QED) is 0.546. The second-order valence-electron chi connectivity index (χ2n) is 4.62. The lowest BCUT2D eigenvalue weighted by Gasteiger charge is -2.40. The third kappa shape index (κ3) is 3.78. The molecule has 0 N–H and O–H groups in total. The monoisotopic (exact) mass is 300 g/mol. The lowest BCUT2D eigenvalue weighted by atomic mass is 9.91. The molecule has 20 heavy (non-hydrogen) atoms. The minimum atomic E-state index is -0.0958. The van der Waals surface area contributed by atoms with Crippen molar-refractivity contribution >= 4 is 11.6 Å². The molecule has 0 aliphatic heterocycles. The first-order chi connectivity index (χ1) is 9.76. The molecule has 5 heteroatoms. The molecule has 0 spiro atoms. The maximum Gasteiger partial charge on any atom is 0.161 e. The molecule has 4 nitrogen and oxygen atoms in total. The van der Waals surface area contributed by atoms with E-state index in [9.17, 15) is 0 Å². The van der Waals surface area contributed by atoms with Gasteiger partial charge in [-0.15, -0.1) is 11.6 Å². The summed E-state index contributed by atoms with van der Waals surface area (Å²) in [5.41, 5.74) is 0. The zero-order valence-electron chi connectivity index (χ0n) is 11.9. The summed E-state index contributed by atoms with van der Waals surface area (Å²) in [6.45, 7) is 3.64. The maximum absolute atomic E-state index is 6.18. The highest BCUT2D eigenvalue weighted by Gasteiger charge is 2.43. The fourth-order valence-electron chi connectivity index (χ4n) is 2.11. The number of halogens is 1. The molecule has 1 aromatic rings. The summed E-state index contributed by atoms with van der Waals surface area (Å²) < 4.78 is 22.2. The van der Waals surface area contributed by atoms with Gasteiger partial charge in [0.15, 0.2) is 11.5 Å². The summed E-state index contributed by atoms with van der Waals surface area (Å²) in [7, 11) is 1.65. The number of benzene rings is 1. The zero-order valence-corrected chi connectivity index (χ0v) is 12.6. The second kappa shape index (κ2) is 7.72. The average molecular weight is 301 g/mol. The molecule has 0 amide bonds. The van der Waals surface area contributed by atoms with Gasteiger partial charge in [0.2, 0.25) is 0 Å². The zero-order chi connectivity index (χ0) is 14.4. The van der Waals surface area contributed by atoms with E-state index >= 15 is 0 Å². The topological polar surface area (TPSA) is 36.9 Å². The van der Waals surface area contributed by atoms with Crippen LogP contribution in [0.5, 0.6) is 11.5 Å². The summed E-state index contributed by atoms with van der Waals surface area (Å²) in [4.78, 5) is 0. The van der Waals surface area contributed by atoms with Crippen molar-refractivity contribution in [2.45, 2.75) is 30.9 Å². The van der Waals surface area contributed by atoms with Gasteiger partial charge in [-0.2, -0.15) is 0 Å². The van der Waals surface area contributed by atoms with Crippen LogP contribution in [-0.4, -0.2) is 44.5 Å². The smallest absolute Gasteiger partial charge is 0.161 e. The van der Waals surface area contributed by atoms with Gasteiger partial charge in [0.1, 0.15) is 12.2 Å². The molecule has 2 rings (SSSR count). The Hall–Kier alpha value is -0.970. The van der Waals surface area contributed by atoms with Crippen molar-refractivity contribution in [2.24, 2.45) is 0 Å². The first-order valence-electron chi connectivity index (χ1n) is 6.89. The van der Waals surface area contributed by atoms with Crippen LogP contribution in [0.3, 0.4) is 0 Å². The highest BCUT2D eigenvalue weighted by molar-refractivity contribution is 6.21. The molecule has 1 aromatic carbocycles. The van der Waals surface area contributed by atoms with E-state index in [0.717, 1.165) is 17.9 Å². The van der Waals surface area contributed by atoms with Gasteiger partial charge in [0.25, 0.3) is 0 Å². The van der Waals surface area contributed by atoms with Crippen molar-refractivity contribution in [1.29, 1.82) is 0 Å². The number of methoxy groups -OCH3 is 1. The van der Waals surface area contributed by atoms with E-state index in [0.29, 0.717) is 19.8 Å². The van der Waals surface area contributed by atoms with Crippen molar-refractivity contribution in [3.8, 4) is 11.5 Å². The van der Waals surface area contributed by atoms with Crippen molar-refractivity contribution in [2.75, 3.05) is 26.9 Å². The van der Waals surface area contributed by atoms with Gasteiger partial charge in [0, 0.05) is 13.5 Å². The SMILES string of the molecule is CCOc1ccccc1OC1CC(Cl)C1OCCOC. The first kappa shape index (κ1) is 15.4. The van der Waals surface area contributed by atoms with Crippen LogP contribution in [0.1, 0.15) is 13.3 Å². The molecule has 0 saturated heterocycles. The first-order valence-corrected chi connectivity index (χ1v) is 7.33. The van der Waals surface area contributed by atoms with Gasteiger partial charge in [-0.25, -0.2) is 0 Å². The predicted molar refractivity (Wildman–Crippen MR) is 77.9 cm³/mol. The van der Waals surface area contributed by atoms with Crippen molar-refractivity contribution in [1.82, 2.24) is 0 Å². The van der Waals surface area contributed by atoms with Crippen LogP contribution >= 0.6 is 11.6 Å². The van der Waals surface area contributed by atoms with Crippen LogP contribution in [0.25, 0.3) is 0 Å². The van der Waals surface area contributed by atoms with Crippen molar-refractivity contribution in [3.05, 3.63) is 24.3 Å². The normalized spacial score (nSPS) is 25.1. The molecular weight excluding hydrogens is 280 g/mol. The van der Waals surface area contributed by atoms with Crippen LogP contribution in [0, 0.1) is 0 Å². The van der Waals surface area contributed by atoms with Gasteiger partial charge in [-0.1, -0.05) is 12.1 Å². The average Bonchev–Trinajstić information content (AvgIpc) is 2.45. The lowest BCUT2D eigenvalue weighted by molar-refractivity contribution is -0.0903. The Morgan fingerprint density at radius 2 is 1.95 bits per heavy atom. The molecular formula is C15H21ClO4. The van der Waals surface area contributed by atoms with E-state index in [2.05, 4.69) is 0 Å². The fraction of sp³-hybridized carbons (Fsp3) is 0.600. The number of ether oxygens (including phenoxy) is 4. The van der Waals surface area contributed by atoms with Gasteiger partial charge >= 0.3 is 0 Å². The Balaban J connectivity index is 1.92. The number of para-hydroxylation sites is 2. The van der Waals surface area contributed by atoms with Crippen LogP contribution in [0.15, 0.2) is 24.3 Å². The van der Waals surface area contributed by atoms with Crippen LogP contribution in [0.2, 0.25) is 0 Å². The Kier molecular flexibility index (Phi) is 5.95. The van der Waals surface area contributed by atoms with Crippen LogP contribution in [0.4, 0.5) is 0 Å². The fourth-order valence-corrected chi connectivity index (χ4v) is 2.52. The third-order valence-corrected chi connectivity index (χ3v) is 3.63. The lowest BCUT2D eigenvalue weighted by Crippen LogP contribution is -2.53. The van der Waals surface area contributed by atoms with Crippen molar-refractivity contribution < 1.29 is 18.9 Å². The summed E-state index contributed by atoms with van der Waals surface area (Å²) in [5, 5.41) is -0.00360. The van der Waals surface area contributed by atoms with Crippen molar-refractivity contribution in [3.63, 3.8) is 0 Å². The van der Waals surface area contributed by atoms with Gasteiger partial charge in [-0.3, -0.25) is 0 Å². The summed E-state index contributed by atoms with van der Waals surface area (Å²) in [5.74, 6) is 1.49. The van der Waals surface area contributed by atoms with Gasteiger partial charge < -0.3 is 18.9 Å². The number of hydrogen-bond donors (Lipinski definition) is 0. The molecule has 3 unspecified atom stereocenters. The van der Waals surface area contributed by atoms with E-state index in [4.69, 9.17) is 30.5 Å². The minimum absolute atomic E-state index is 0.00360. The molecule has 0 aromatic heterocycles. The molecule has 3 atom stereocenters. The number of rotatable bonds is 8. The second-order valence-corrected chi connectivity index (χ2v) is 5.18. The van der Waals surface area contributed by atoms with Gasteiger partial charge in [0.05, 0.1) is 25.2 Å². The highest BCUT2D eigenvalue weighted by Crippen LogP contribution is 2.36. The molecule has 1 aliphatic carbocycles. The molecule has 0 radical (unpaired) electrons. The van der Waals surface area contributed by atoms with Gasteiger partial charge in [-0.05, 0) is 19.1 Å². The van der Waals surface area contributed by atoms with E-state index in [1.807, 2.05) is 31.2 Å².